The van der Waals surface area contributed by atoms with Crippen molar-refractivity contribution in [2.45, 2.75) is 33.3 Å². The fraction of sp³-hybridized carbons (Fsp3) is 0.556. The zero-order chi connectivity index (χ0) is 11.4. The van der Waals surface area contributed by atoms with Gasteiger partial charge in [0.05, 0.1) is 0 Å². The number of rotatable bonds is 2. The third-order valence-electron chi connectivity index (χ3n) is 1.23. The summed E-state index contributed by atoms with van der Waals surface area (Å²) in [5.74, 6) is 3.82. The molecular weight excluding hydrogens is 184 g/mol. The molecule has 0 fully saturated rings. The number of carbonyl (C=O) groups is 2. The number of hydrogen-bond donors (Lipinski definition) is 2. The summed E-state index contributed by atoms with van der Waals surface area (Å²) < 4.78 is 4.97. The summed E-state index contributed by atoms with van der Waals surface area (Å²) in [6, 6.07) is 0. The molecule has 5 heteroatoms. The first-order valence-electron chi connectivity index (χ1n) is 4.18. The lowest BCUT2D eigenvalue weighted by Gasteiger charge is -2.18. The average Bonchev–Trinajstić information content (AvgIpc) is 1.99. The van der Waals surface area contributed by atoms with Gasteiger partial charge >= 0.3 is 5.97 Å². The Morgan fingerprint density at radius 2 is 1.86 bits per heavy atom. The molecule has 80 valence electrons. The maximum atomic E-state index is 11.2. The molecule has 0 bridgehead atoms. The van der Waals surface area contributed by atoms with Crippen molar-refractivity contribution in [2.24, 2.45) is 5.84 Å². The lowest BCUT2D eigenvalue weighted by atomic mass is 10.2. The van der Waals surface area contributed by atoms with Gasteiger partial charge in [-0.05, 0) is 27.7 Å². The number of esters is 1. The molecule has 3 N–H and O–H groups in total. The van der Waals surface area contributed by atoms with Crippen LogP contribution >= 0.6 is 0 Å². The predicted octanol–water partition coefficient (Wildman–Crippen LogP) is 0.264. The van der Waals surface area contributed by atoms with E-state index in [1.165, 1.54) is 6.92 Å². The van der Waals surface area contributed by atoms with Gasteiger partial charge in [0, 0.05) is 11.6 Å². The highest BCUT2D eigenvalue weighted by Gasteiger charge is 2.15. The van der Waals surface area contributed by atoms with Crippen LogP contribution in [0, 0.1) is 0 Å². The molecule has 1 amide bonds. The van der Waals surface area contributed by atoms with Crippen LogP contribution in [0.3, 0.4) is 0 Å². The quantitative estimate of drug-likeness (QED) is 0.220. The maximum Gasteiger partial charge on any atom is 0.331 e. The van der Waals surface area contributed by atoms with Gasteiger partial charge in [0.1, 0.15) is 5.60 Å². The molecule has 0 aliphatic heterocycles. The molecule has 0 aromatic carbocycles. The van der Waals surface area contributed by atoms with E-state index < -0.39 is 17.5 Å². The Morgan fingerprint density at radius 1 is 1.36 bits per heavy atom. The zero-order valence-corrected chi connectivity index (χ0v) is 8.88. The summed E-state index contributed by atoms with van der Waals surface area (Å²) in [6.45, 7) is 6.72. The molecule has 0 aliphatic rings. The number of nitrogens with two attached hydrogens (primary N) is 1. The Labute approximate surface area is 83.3 Å². The monoisotopic (exact) mass is 200 g/mol. The molecule has 0 heterocycles. The molecule has 0 spiro atoms. The van der Waals surface area contributed by atoms with E-state index in [9.17, 15) is 9.59 Å². The highest BCUT2D eigenvalue weighted by Crippen LogP contribution is 2.08. The van der Waals surface area contributed by atoms with Crippen molar-refractivity contribution in [3.8, 4) is 0 Å². The van der Waals surface area contributed by atoms with Crippen LogP contribution in [0.2, 0.25) is 0 Å². The van der Waals surface area contributed by atoms with Crippen LogP contribution < -0.4 is 11.3 Å². The minimum Gasteiger partial charge on any atom is -0.457 e. The van der Waals surface area contributed by atoms with Gasteiger partial charge in [-0.3, -0.25) is 10.2 Å². The Bertz CT molecular complexity index is 264. The van der Waals surface area contributed by atoms with Crippen LogP contribution in [-0.4, -0.2) is 17.5 Å². The summed E-state index contributed by atoms with van der Waals surface area (Å²) in [7, 11) is 0. The van der Waals surface area contributed by atoms with E-state index in [4.69, 9.17) is 10.6 Å². The Balaban J connectivity index is 4.37. The highest BCUT2D eigenvalue weighted by molar-refractivity contribution is 5.98. The lowest BCUT2D eigenvalue weighted by Crippen LogP contribution is -2.31. The van der Waals surface area contributed by atoms with Crippen LogP contribution in [-0.2, 0) is 14.3 Å². The minimum absolute atomic E-state index is 0.210. The number of carbonyl (C=O) groups excluding carboxylic acids is 2. The van der Waals surface area contributed by atoms with Crippen molar-refractivity contribution in [1.82, 2.24) is 5.43 Å². The maximum absolute atomic E-state index is 11.2. The summed E-state index contributed by atoms with van der Waals surface area (Å²) in [4.78, 5) is 22.1. The highest BCUT2D eigenvalue weighted by atomic mass is 16.6. The third kappa shape index (κ3) is 5.31. The van der Waals surface area contributed by atoms with Gasteiger partial charge in [0.15, 0.2) is 0 Å². The first-order valence-corrected chi connectivity index (χ1v) is 4.18. The van der Waals surface area contributed by atoms with Crippen molar-refractivity contribution >= 4 is 11.9 Å². The van der Waals surface area contributed by atoms with Crippen LogP contribution in [0.15, 0.2) is 11.6 Å². The largest absolute Gasteiger partial charge is 0.457 e. The molecule has 0 saturated heterocycles. The van der Waals surface area contributed by atoms with Gasteiger partial charge in [0.2, 0.25) is 0 Å². The van der Waals surface area contributed by atoms with E-state index in [0.717, 1.165) is 6.08 Å². The normalized spacial score (nSPS) is 12.2. The molecule has 0 aliphatic carbocycles. The molecule has 0 atom stereocenters. The third-order valence-corrected chi connectivity index (χ3v) is 1.23. The molecule has 0 rings (SSSR count). The van der Waals surface area contributed by atoms with E-state index in [1.54, 1.807) is 20.8 Å². The van der Waals surface area contributed by atoms with Gasteiger partial charge < -0.3 is 4.74 Å². The van der Waals surface area contributed by atoms with E-state index in [1.807, 2.05) is 5.43 Å². The van der Waals surface area contributed by atoms with Crippen LogP contribution in [0.4, 0.5) is 0 Å². The van der Waals surface area contributed by atoms with E-state index >= 15 is 0 Å². The smallest absolute Gasteiger partial charge is 0.331 e. The predicted molar refractivity (Wildman–Crippen MR) is 51.9 cm³/mol. The fourth-order valence-electron chi connectivity index (χ4n) is 0.687. The first-order chi connectivity index (χ1) is 6.26. The van der Waals surface area contributed by atoms with Crippen LogP contribution in [0.1, 0.15) is 27.7 Å². The molecule has 0 aromatic heterocycles. The molecular formula is C9H16N2O3. The Morgan fingerprint density at radius 3 is 2.21 bits per heavy atom. The van der Waals surface area contributed by atoms with E-state index in [2.05, 4.69) is 0 Å². The van der Waals surface area contributed by atoms with Gasteiger partial charge in [-0.15, -0.1) is 0 Å². The molecule has 0 unspecified atom stereocenters. The summed E-state index contributed by atoms with van der Waals surface area (Å²) in [5.41, 5.74) is 1.57. The van der Waals surface area contributed by atoms with Crippen LogP contribution in [0.25, 0.3) is 0 Å². The van der Waals surface area contributed by atoms with Gasteiger partial charge in [-0.2, -0.15) is 0 Å². The number of amides is 1. The molecule has 0 radical (unpaired) electrons. The second-order valence-corrected chi connectivity index (χ2v) is 3.83. The SMILES string of the molecule is CC(=CC(=O)OC(C)(C)C)C(=O)NN. The molecule has 0 aromatic rings. The van der Waals surface area contributed by atoms with Gasteiger partial charge in [-0.25, -0.2) is 10.6 Å². The standard InChI is InChI=1S/C9H16N2O3/c1-6(8(13)11-10)5-7(12)14-9(2,3)4/h5H,10H2,1-4H3,(H,11,13). The molecule has 5 nitrogen and oxygen atoms in total. The Kier molecular flexibility index (Phi) is 4.30. The van der Waals surface area contributed by atoms with Crippen molar-refractivity contribution in [2.75, 3.05) is 0 Å². The minimum atomic E-state index is -0.562. The van der Waals surface area contributed by atoms with Crippen molar-refractivity contribution < 1.29 is 14.3 Å². The van der Waals surface area contributed by atoms with Crippen molar-refractivity contribution in [3.63, 3.8) is 0 Å². The average molecular weight is 200 g/mol. The fourth-order valence-corrected chi connectivity index (χ4v) is 0.687. The number of hydrogen-bond acceptors (Lipinski definition) is 4. The summed E-state index contributed by atoms with van der Waals surface area (Å²) in [6.07, 6.45) is 1.10. The van der Waals surface area contributed by atoms with Gasteiger partial charge in [-0.1, -0.05) is 0 Å². The second kappa shape index (κ2) is 4.76. The Hall–Kier alpha value is -1.36. The summed E-state index contributed by atoms with van der Waals surface area (Å²) >= 11 is 0. The second-order valence-electron chi connectivity index (χ2n) is 3.83. The van der Waals surface area contributed by atoms with E-state index in [-0.39, 0.29) is 5.57 Å². The first kappa shape index (κ1) is 12.6. The van der Waals surface area contributed by atoms with Crippen LogP contribution in [0.5, 0.6) is 0 Å². The number of ether oxygens (including phenoxy) is 1. The molecule has 0 saturated carbocycles. The number of hydrazine groups is 1. The van der Waals surface area contributed by atoms with Crippen molar-refractivity contribution in [3.05, 3.63) is 11.6 Å². The van der Waals surface area contributed by atoms with E-state index in [0.29, 0.717) is 0 Å². The summed E-state index contributed by atoms with van der Waals surface area (Å²) in [5, 5.41) is 0. The topological polar surface area (TPSA) is 81.4 Å². The lowest BCUT2D eigenvalue weighted by molar-refractivity contribution is -0.148. The van der Waals surface area contributed by atoms with Gasteiger partial charge in [0.25, 0.3) is 5.91 Å². The zero-order valence-electron chi connectivity index (χ0n) is 8.88. The molecule has 14 heavy (non-hydrogen) atoms. The number of nitrogens with one attached hydrogen (secondary N) is 1. The van der Waals surface area contributed by atoms with Crippen molar-refractivity contribution in [1.29, 1.82) is 0 Å².